The van der Waals surface area contributed by atoms with Gasteiger partial charge >= 0.3 is 0 Å². The topological polar surface area (TPSA) is 74.7 Å². The number of aromatic nitrogens is 3. The molecular formula is C12H12N4O2S. The second-order valence-electron chi connectivity index (χ2n) is 3.87. The molecule has 2 aromatic heterocycles. The highest BCUT2D eigenvalue weighted by Crippen LogP contribution is 2.34. The van der Waals surface area contributed by atoms with Gasteiger partial charge in [-0.2, -0.15) is 5.10 Å². The Hall–Kier alpha value is -2.28. The highest BCUT2D eigenvalue weighted by molar-refractivity contribution is 7.19. The van der Waals surface area contributed by atoms with E-state index in [0.29, 0.717) is 17.3 Å². The van der Waals surface area contributed by atoms with Crippen molar-refractivity contribution in [2.24, 2.45) is 0 Å². The Labute approximate surface area is 113 Å². The van der Waals surface area contributed by atoms with Gasteiger partial charge in [-0.15, -0.1) is 0 Å². The minimum absolute atomic E-state index is 0.470. The van der Waals surface area contributed by atoms with Gasteiger partial charge in [0, 0.05) is 5.56 Å². The summed E-state index contributed by atoms with van der Waals surface area (Å²) in [5.74, 6) is 1.83. The second kappa shape index (κ2) is 4.43. The van der Waals surface area contributed by atoms with Crippen molar-refractivity contribution in [2.45, 2.75) is 0 Å². The summed E-state index contributed by atoms with van der Waals surface area (Å²) in [5, 5.41) is 5.28. The number of fused-ring (bicyclic) bond motifs is 1. The quantitative estimate of drug-likeness (QED) is 0.792. The van der Waals surface area contributed by atoms with Crippen molar-refractivity contribution < 1.29 is 9.47 Å². The van der Waals surface area contributed by atoms with E-state index in [1.54, 1.807) is 24.9 Å². The molecule has 0 bridgehead atoms. The van der Waals surface area contributed by atoms with Crippen molar-refractivity contribution in [1.29, 1.82) is 0 Å². The number of benzene rings is 1. The first-order chi connectivity index (χ1) is 9.21. The van der Waals surface area contributed by atoms with Gasteiger partial charge in [0.2, 0.25) is 4.96 Å². The van der Waals surface area contributed by atoms with E-state index < -0.39 is 0 Å². The lowest BCUT2D eigenvalue weighted by molar-refractivity contribution is 0.355. The Balaban J connectivity index is 2.07. The maximum absolute atomic E-state index is 5.61. The monoisotopic (exact) mass is 276 g/mol. The van der Waals surface area contributed by atoms with E-state index in [9.17, 15) is 0 Å². The molecule has 19 heavy (non-hydrogen) atoms. The standard InChI is InChI=1S/C12H12N4O2S/c1-17-8-4-3-7(5-9(8)18-2)11-15-16-6-10(13)14-12(16)19-11/h3-6H,13H2,1-2H3. The number of ether oxygens (including phenoxy) is 2. The molecule has 0 spiro atoms. The summed E-state index contributed by atoms with van der Waals surface area (Å²) in [6.07, 6.45) is 1.69. The summed E-state index contributed by atoms with van der Waals surface area (Å²) in [6, 6.07) is 5.68. The summed E-state index contributed by atoms with van der Waals surface area (Å²) in [6.45, 7) is 0. The zero-order valence-corrected chi connectivity index (χ0v) is 11.3. The van der Waals surface area contributed by atoms with Crippen molar-refractivity contribution in [1.82, 2.24) is 14.6 Å². The summed E-state index contributed by atoms with van der Waals surface area (Å²) in [7, 11) is 3.22. The number of methoxy groups -OCH3 is 2. The Kier molecular flexibility index (Phi) is 2.75. The predicted molar refractivity (Wildman–Crippen MR) is 73.8 cm³/mol. The minimum Gasteiger partial charge on any atom is -0.493 e. The minimum atomic E-state index is 0.470. The van der Waals surface area contributed by atoms with Crippen LogP contribution in [0.5, 0.6) is 11.5 Å². The summed E-state index contributed by atoms with van der Waals surface area (Å²) in [5.41, 5.74) is 6.56. The summed E-state index contributed by atoms with van der Waals surface area (Å²) in [4.78, 5) is 4.94. The van der Waals surface area contributed by atoms with Crippen LogP contribution in [0.2, 0.25) is 0 Å². The summed E-state index contributed by atoms with van der Waals surface area (Å²) < 4.78 is 12.2. The van der Waals surface area contributed by atoms with Crippen LogP contribution >= 0.6 is 11.3 Å². The normalized spacial score (nSPS) is 10.8. The van der Waals surface area contributed by atoms with Crippen molar-refractivity contribution in [3.63, 3.8) is 0 Å². The Morgan fingerprint density at radius 1 is 1.21 bits per heavy atom. The molecule has 7 heteroatoms. The molecule has 0 radical (unpaired) electrons. The first-order valence-corrected chi connectivity index (χ1v) is 6.37. The molecule has 0 saturated carbocycles. The van der Waals surface area contributed by atoms with Crippen LogP contribution in [0.3, 0.4) is 0 Å². The van der Waals surface area contributed by atoms with E-state index in [2.05, 4.69) is 10.1 Å². The maximum Gasteiger partial charge on any atom is 0.214 e. The number of imidazole rings is 1. The van der Waals surface area contributed by atoms with Gasteiger partial charge in [-0.05, 0) is 18.2 Å². The number of anilines is 1. The molecule has 6 nitrogen and oxygen atoms in total. The molecular weight excluding hydrogens is 264 g/mol. The average Bonchev–Trinajstić information content (AvgIpc) is 2.95. The molecule has 3 rings (SSSR count). The van der Waals surface area contributed by atoms with Crippen LogP contribution in [0.25, 0.3) is 15.5 Å². The zero-order valence-electron chi connectivity index (χ0n) is 10.5. The van der Waals surface area contributed by atoms with E-state index in [1.807, 2.05) is 18.2 Å². The van der Waals surface area contributed by atoms with Crippen LogP contribution in [0, 0.1) is 0 Å². The third-order valence-electron chi connectivity index (χ3n) is 2.69. The average molecular weight is 276 g/mol. The van der Waals surface area contributed by atoms with Crippen LogP contribution in [0.15, 0.2) is 24.4 Å². The molecule has 0 aliphatic rings. The zero-order chi connectivity index (χ0) is 13.4. The highest BCUT2D eigenvalue weighted by Gasteiger charge is 2.11. The number of nitrogens with two attached hydrogens (primary N) is 1. The smallest absolute Gasteiger partial charge is 0.214 e. The first kappa shape index (κ1) is 11.8. The van der Waals surface area contributed by atoms with Gasteiger partial charge in [-0.25, -0.2) is 9.50 Å². The van der Waals surface area contributed by atoms with Crippen molar-refractivity contribution in [3.05, 3.63) is 24.4 Å². The number of rotatable bonds is 3. The van der Waals surface area contributed by atoms with Crippen molar-refractivity contribution >= 4 is 22.1 Å². The van der Waals surface area contributed by atoms with Gasteiger partial charge in [0.15, 0.2) is 11.5 Å². The van der Waals surface area contributed by atoms with Gasteiger partial charge in [-0.3, -0.25) is 0 Å². The van der Waals surface area contributed by atoms with Gasteiger partial charge in [-0.1, -0.05) is 11.3 Å². The second-order valence-corrected chi connectivity index (χ2v) is 4.83. The van der Waals surface area contributed by atoms with E-state index in [0.717, 1.165) is 15.5 Å². The van der Waals surface area contributed by atoms with E-state index in [4.69, 9.17) is 15.2 Å². The molecule has 3 aromatic rings. The number of hydrogen-bond acceptors (Lipinski definition) is 6. The molecule has 2 N–H and O–H groups in total. The molecule has 1 aromatic carbocycles. The van der Waals surface area contributed by atoms with Crippen LogP contribution in [-0.2, 0) is 0 Å². The molecule has 0 saturated heterocycles. The van der Waals surface area contributed by atoms with Crippen molar-refractivity contribution in [2.75, 3.05) is 20.0 Å². The first-order valence-electron chi connectivity index (χ1n) is 5.55. The lowest BCUT2D eigenvalue weighted by atomic mass is 10.2. The number of nitrogen functional groups attached to an aromatic ring is 1. The van der Waals surface area contributed by atoms with Crippen LogP contribution < -0.4 is 15.2 Å². The van der Waals surface area contributed by atoms with Crippen molar-refractivity contribution in [3.8, 4) is 22.1 Å². The number of nitrogens with zero attached hydrogens (tertiary/aromatic N) is 3. The molecule has 0 unspecified atom stereocenters. The highest BCUT2D eigenvalue weighted by atomic mass is 32.1. The van der Waals surface area contributed by atoms with Gasteiger partial charge < -0.3 is 15.2 Å². The Morgan fingerprint density at radius 2 is 2.00 bits per heavy atom. The Bertz CT molecular complexity index is 703. The van der Waals surface area contributed by atoms with E-state index >= 15 is 0 Å². The third-order valence-corrected chi connectivity index (χ3v) is 3.66. The lowest BCUT2D eigenvalue weighted by Crippen LogP contribution is -1.91. The fourth-order valence-electron chi connectivity index (χ4n) is 1.80. The molecule has 0 fully saturated rings. The third kappa shape index (κ3) is 1.97. The SMILES string of the molecule is COc1ccc(-c2nn3cc(N)nc3s2)cc1OC. The molecule has 2 heterocycles. The maximum atomic E-state index is 5.61. The largest absolute Gasteiger partial charge is 0.493 e. The molecule has 98 valence electrons. The van der Waals surface area contributed by atoms with Crippen LogP contribution in [-0.4, -0.2) is 28.8 Å². The molecule has 0 atom stereocenters. The van der Waals surface area contributed by atoms with E-state index in [-0.39, 0.29) is 0 Å². The fourth-order valence-corrected chi connectivity index (χ4v) is 2.69. The number of hydrogen-bond donors (Lipinski definition) is 1. The Morgan fingerprint density at radius 3 is 2.68 bits per heavy atom. The summed E-state index contributed by atoms with van der Waals surface area (Å²) >= 11 is 1.47. The fraction of sp³-hybridized carbons (Fsp3) is 0.167. The lowest BCUT2D eigenvalue weighted by Gasteiger charge is -2.07. The van der Waals surface area contributed by atoms with Crippen LogP contribution in [0.4, 0.5) is 5.82 Å². The van der Waals surface area contributed by atoms with E-state index in [1.165, 1.54) is 11.3 Å². The van der Waals surface area contributed by atoms with Gasteiger partial charge in [0.25, 0.3) is 0 Å². The molecule has 0 aliphatic heterocycles. The van der Waals surface area contributed by atoms with Crippen LogP contribution in [0.1, 0.15) is 0 Å². The molecule has 0 aliphatic carbocycles. The van der Waals surface area contributed by atoms with Gasteiger partial charge in [0.05, 0.1) is 20.4 Å². The van der Waals surface area contributed by atoms with Gasteiger partial charge in [0.1, 0.15) is 10.8 Å². The molecule has 0 amide bonds. The predicted octanol–water partition coefficient (Wildman–Crippen LogP) is 2.06.